The molecular weight excluding hydrogens is 528 g/mol. The summed E-state index contributed by atoms with van der Waals surface area (Å²) in [7, 11) is 2.09. The zero-order chi connectivity index (χ0) is 32.3. The monoisotopic (exact) mass is 592 g/mol. The summed E-state index contributed by atoms with van der Waals surface area (Å²) in [5, 5.41) is 3.28. The highest BCUT2D eigenvalue weighted by molar-refractivity contribution is 5.81. The summed E-state index contributed by atoms with van der Waals surface area (Å²) in [6.45, 7) is 21.2. The van der Waals surface area contributed by atoms with Crippen LogP contribution in [0, 0.1) is 17.8 Å². The molecule has 0 aliphatic carbocycles. The van der Waals surface area contributed by atoms with Gasteiger partial charge in [0.05, 0.1) is 0 Å². The second kappa shape index (κ2) is 21.5. The highest BCUT2D eigenvalue weighted by atomic mass is 16.5. The topological polar surface area (TPSA) is 105 Å². The number of amides is 2. The first-order chi connectivity index (χ1) is 19.8. The molecule has 0 saturated heterocycles. The molecule has 8 nitrogen and oxygen atoms in total. The normalized spacial score (nSPS) is 17.9. The van der Waals surface area contributed by atoms with Crippen LogP contribution in [-0.2, 0) is 19.1 Å². The molecule has 0 saturated carbocycles. The Morgan fingerprint density at radius 2 is 1.83 bits per heavy atom. The van der Waals surface area contributed by atoms with E-state index in [4.69, 9.17) is 5.73 Å². The standard InChI is InChI=1S/C29H54N4O2.C5H10O2/c1-8-12-14-25-20-33(27(34)18-23(6)32(7)17-10-3)21-26(19-30)28(25)31-29(35)22(5)15-16-24(11-4)13-9-2;1-5(2,3)7-4-6/h9,13,22-25H,8,10-12,14-21,30H2,1-7H3,(H,31,35);4H,1-3H3/b13-9-;/t22?,23-,24?,25?;/m0./s1. The highest BCUT2D eigenvalue weighted by Gasteiger charge is 2.32. The van der Waals surface area contributed by atoms with Crippen LogP contribution in [0.1, 0.15) is 114 Å². The number of hydrogen-bond acceptors (Lipinski definition) is 6. The number of nitrogens with zero attached hydrogens (tertiary/aromatic N) is 2. The van der Waals surface area contributed by atoms with Gasteiger partial charge in [-0.05, 0) is 91.8 Å². The summed E-state index contributed by atoms with van der Waals surface area (Å²) in [5.41, 5.74) is 7.84. The van der Waals surface area contributed by atoms with E-state index in [1.807, 2.05) is 32.6 Å². The van der Waals surface area contributed by atoms with E-state index in [1.54, 1.807) is 0 Å². The van der Waals surface area contributed by atoms with E-state index in [2.05, 4.69) is 68.8 Å². The first-order valence-electron chi connectivity index (χ1n) is 16.2. The highest BCUT2D eigenvalue weighted by Crippen LogP contribution is 2.28. The van der Waals surface area contributed by atoms with E-state index >= 15 is 0 Å². The SMILES string of the molecule is C/C=C\C(CC)CCC(C)C(=O)NC1=C(CN)CN(C(=O)C[C@H](C)N(C)CCC)CC1CCCC.CC(C)(C)OC=O. The van der Waals surface area contributed by atoms with Crippen molar-refractivity contribution in [3.05, 3.63) is 23.4 Å². The molecule has 4 atom stereocenters. The zero-order valence-corrected chi connectivity index (χ0v) is 28.6. The number of allylic oxidation sites excluding steroid dienone is 2. The van der Waals surface area contributed by atoms with E-state index in [0.29, 0.717) is 38.4 Å². The molecule has 1 heterocycles. The van der Waals surface area contributed by atoms with Gasteiger partial charge < -0.3 is 25.6 Å². The average Bonchev–Trinajstić information content (AvgIpc) is 2.93. The van der Waals surface area contributed by atoms with Crippen LogP contribution < -0.4 is 11.1 Å². The van der Waals surface area contributed by atoms with Gasteiger partial charge in [-0.25, -0.2) is 0 Å². The van der Waals surface area contributed by atoms with Gasteiger partial charge in [0.1, 0.15) is 5.60 Å². The summed E-state index contributed by atoms with van der Waals surface area (Å²) < 4.78 is 4.55. The lowest BCUT2D eigenvalue weighted by Gasteiger charge is -2.38. The van der Waals surface area contributed by atoms with Crippen molar-refractivity contribution in [3.8, 4) is 0 Å². The second-order valence-corrected chi connectivity index (χ2v) is 12.9. The summed E-state index contributed by atoms with van der Waals surface area (Å²) in [6, 6.07) is 0.207. The molecule has 0 fully saturated rings. The Kier molecular flexibility index (Phi) is 20.4. The van der Waals surface area contributed by atoms with Gasteiger partial charge in [-0.3, -0.25) is 14.4 Å². The van der Waals surface area contributed by atoms with Gasteiger partial charge in [-0.1, -0.05) is 52.7 Å². The lowest BCUT2D eigenvalue weighted by atomic mass is 9.89. The van der Waals surface area contributed by atoms with Crippen LogP contribution in [0.15, 0.2) is 23.4 Å². The van der Waals surface area contributed by atoms with Gasteiger partial charge in [0.15, 0.2) is 0 Å². The Labute approximate surface area is 257 Å². The molecule has 1 rings (SSSR count). The number of nitrogens with one attached hydrogen (secondary N) is 1. The Morgan fingerprint density at radius 1 is 1.17 bits per heavy atom. The minimum Gasteiger partial charge on any atom is -0.462 e. The lowest BCUT2D eigenvalue weighted by Crippen LogP contribution is -2.48. The van der Waals surface area contributed by atoms with Crippen LogP contribution in [-0.4, -0.2) is 73.0 Å². The summed E-state index contributed by atoms with van der Waals surface area (Å²) in [4.78, 5) is 40.2. The molecule has 0 radical (unpaired) electrons. The Balaban J connectivity index is 0.00000212. The molecule has 0 aromatic rings. The van der Waals surface area contributed by atoms with Crippen LogP contribution in [0.5, 0.6) is 0 Å². The van der Waals surface area contributed by atoms with Crippen molar-refractivity contribution in [1.29, 1.82) is 0 Å². The molecule has 0 bridgehead atoms. The lowest BCUT2D eigenvalue weighted by molar-refractivity contribution is -0.138. The van der Waals surface area contributed by atoms with Crippen molar-refractivity contribution >= 4 is 18.3 Å². The van der Waals surface area contributed by atoms with E-state index in [9.17, 15) is 14.4 Å². The summed E-state index contributed by atoms with van der Waals surface area (Å²) in [6.07, 6.45) is 12.0. The van der Waals surface area contributed by atoms with E-state index in [-0.39, 0.29) is 35.3 Å². The van der Waals surface area contributed by atoms with Crippen molar-refractivity contribution in [3.63, 3.8) is 0 Å². The van der Waals surface area contributed by atoms with Crippen LogP contribution in [0.4, 0.5) is 0 Å². The molecule has 3 N–H and O–H groups in total. The summed E-state index contributed by atoms with van der Waals surface area (Å²) in [5.74, 6) is 0.873. The maximum absolute atomic E-state index is 13.2. The third kappa shape index (κ3) is 15.9. The molecule has 1 aliphatic rings. The van der Waals surface area contributed by atoms with E-state index in [0.717, 1.165) is 62.8 Å². The third-order valence-corrected chi connectivity index (χ3v) is 7.98. The van der Waals surface area contributed by atoms with E-state index in [1.165, 1.54) is 0 Å². The Morgan fingerprint density at radius 3 is 2.31 bits per heavy atom. The number of hydrogen-bond donors (Lipinski definition) is 2. The van der Waals surface area contributed by atoms with E-state index < -0.39 is 0 Å². The molecule has 0 spiro atoms. The van der Waals surface area contributed by atoms with Crippen molar-refractivity contribution in [2.24, 2.45) is 23.5 Å². The minimum atomic E-state index is -0.318. The van der Waals surface area contributed by atoms with Gasteiger partial charge in [-0.2, -0.15) is 0 Å². The van der Waals surface area contributed by atoms with Gasteiger partial charge in [0, 0.05) is 49.6 Å². The van der Waals surface area contributed by atoms with Crippen LogP contribution >= 0.6 is 0 Å². The first-order valence-corrected chi connectivity index (χ1v) is 16.2. The molecule has 3 unspecified atom stereocenters. The van der Waals surface area contributed by atoms with Gasteiger partial charge in [-0.15, -0.1) is 0 Å². The largest absolute Gasteiger partial charge is 0.462 e. The maximum Gasteiger partial charge on any atom is 0.293 e. The molecule has 1 aliphatic heterocycles. The van der Waals surface area contributed by atoms with Crippen molar-refractivity contribution in [2.45, 2.75) is 125 Å². The Hall–Kier alpha value is -2.19. The van der Waals surface area contributed by atoms with Gasteiger partial charge in [0.2, 0.25) is 11.8 Å². The summed E-state index contributed by atoms with van der Waals surface area (Å²) >= 11 is 0. The number of unbranched alkanes of at least 4 members (excludes halogenated alkanes) is 1. The molecule has 8 heteroatoms. The molecular formula is C34H64N4O4. The van der Waals surface area contributed by atoms with Crippen molar-refractivity contribution in [1.82, 2.24) is 15.1 Å². The fourth-order valence-electron chi connectivity index (χ4n) is 5.08. The Bertz CT molecular complexity index is 849. The van der Waals surface area contributed by atoms with Gasteiger partial charge >= 0.3 is 0 Å². The molecule has 0 aromatic heterocycles. The quantitative estimate of drug-likeness (QED) is 0.157. The number of rotatable bonds is 17. The molecule has 0 aromatic carbocycles. The molecule has 42 heavy (non-hydrogen) atoms. The first kappa shape index (κ1) is 39.8. The predicted molar refractivity (Wildman–Crippen MR) is 175 cm³/mol. The number of nitrogens with two attached hydrogens (primary N) is 1. The predicted octanol–water partition coefficient (Wildman–Crippen LogP) is 6.06. The third-order valence-electron chi connectivity index (χ3n) is 7.98. The number of carbonyl (C=O) groups excluding carboxylic acids is 3. The van der Waals surface area contributed by atoms with Crippen LogP contribution in [0.2, 0.25) is 0 Å². The number of ether oxygens (including phenoxy) is 1. The average molecular weight is 593 g/mol. The van der Waals surface area contributed by atoms with Crippen LogP contribution in [0.3, 0.4) is 0 Å². The maximum atomic E-state index is 13.2. The fourth-order valence-corrected chi connectivity index (χ4v) is 5.08. The smallest absolute Gasteiger partial charge is 0.293 e. The molecule has 2 amide bonds. The number of carbonyl (C=O) groups is 3. The van der Waals surface area contributed by atoms with Crippen molar-refractivity contribution in [2.75, 3.05) is 33.2 Å². The second-order valence-electron chi connectivity index (χ2n) is 12.9. The minimum absolute atomic E-state index is 0.0535. The van der Waals surface area contributed by atoms with Crippen molar-refractivity contribution < 1.29 is 19.1 Å². The van der Waals surface area contributed by atoms with Crippen LogP contribution in [0.25, 0.3) is 0 Å². The van der Waals surface area contributed by atoms with Gasteiger partial charge in [0.25, 0.3) is 6.47 Å². The molecule has 244 valence electrons. The fraction of sp³-hybridized carbons (Fsp3) is 0.794. The zero-order valence-electron chi connectivity index (χ0n) is 28.6.